The number of amides is 2. The molecule has 0 bridgehead atoms. The molecule has 1 saturated heterocycles. The zero-order valence-electron chi connectivity index (χ0n) is 21.9. The van der Waals surface area contributed by atoms with Gasteiger partial charge in [-0.05, 0) is 32.4 Å². The number of pyridine rings is 1. The third-order valence-electron chi connectivity index (χ3n) is 6.31. The van der Waals surface area contributed by atoms with Crippen LogP contribution >= 0.6 is 0 Å². The first-order valence-electron chi connectivity index (χ1n) is 12.1. The molecule has 4 N–H and O–H groups in total. The van der Waals surface area contributed by atoms with Crippen molar-refractivity contribution >= 4 is 42.1 Å². The third-order valence-corrected chi connectivity index (χ3v) is 6.31. The van der Waals surface area contributed by atoms with E-state index in [4.69, 9.17) is 24.5 Å². The summed E-state index contributed by atoms with van der Waals surface area (Å²) >= 11 is 0. The molecule has 1 aromatic heterocycles. The van der Waals surface area contributed by atoms with Crippen LogP contribution < -0.4 is 20.4 Å². The molecule has 1 aromatic rings. The highest BCUT2D eigenvalue weighted by molar-refractivity contribution is 6.41. The third kappa shape index (κ3) is 6.37. The van der Waals surface area contributed by atoms with Crippen molar-refractivity contribution in [3.05, 3.63) is 29.7 Å². The number of rotatable bonds is 2. The Balaban J connectivity index is 0.000000611. The second-order valence-corrected chi connectivity index (χ2v) is 9.15. The fourth-order valence-corrected chi connectivity index (χ4v) is 5.09. The largest absolute Gasteiger partial charge is 0.483 e. The molecule has 206 valence electrons. The maximum atomic E-state index is 13.2. The van der Waals surface area contributed by atoms with Gasteiger partial charge in [0.2, 0.25) is 5.90 Å². The maximum absolute atomic E-state index is 13.2. The number of carbonyl (C=O) groups is 3. The molecule has 0 spiro atoms. The van der Waals surface area contributed by atoms with Crippen LogP contribution in [0.2, 0.25) is 0 Å². The highest BCUT2D eigenvalue weighted by atomic mass is 16.5. The standard InChI is InChI=1S/C22H30N8O2.2CH2O2/c1-13-10-29(11-14(2)24-13)17-5-7-23-20-16(17)6-8-30(20)22(31)26-18-9-15-12-28(3)27-19(15)21(25-18)32-4;2*2-1-3/h5,7,9,13-15,24H,6,8,10-12H2,1-4H3,(H,26,31);2*1H,(H,2,3)/t13-,14+,15?;;. The van der Waals surface area contributed by atoms with Crippen molar-refractivity contribution in [3.63, 3.8) is 0 Å². The second kappa shape index (κ2) is 12.9. The number of hydrogen-bond acceptors (Lipinski definition) is 10. The Labute approximate surface area is 220 Å². The van der Waals surface area contributed by atoms with Crippen molar-refractivity contribution in [2.45, 2.75) is 32.4 Å². The number of anilines is 2. The Morgan fingerprint density at radius 2 is 1.84 bits per heavy atom. The predicted molar refractivity (Wildman–Crippen MR) is 142 cm³/mol. The summed E-state index contributed by atoms with van der Waals surface area (Å²) in [6, 6.07) is 2.67. The van der Waals surface area contributed by atoms with E-state index in [1.807, 2.05) is 18.1 Å². The van der Waals surface area contributed by atoms with Crippen molar-refractivity contribution < 1.29 is 29.3 Å². The predicted octanol–water partition coefficient (Wildman–Crippen LogP) is 0.559. The number of fused-ring (bicyclic) bond motifs is 2. The summed E-state index contributed by atoms with van der Waals surface area (Å²) in [5, 5.41) is 26.6. The van der Waals surface area contributed by atoms with Gasteiger partial charge in [0.05, 0.1) is 7.11 Å². The quantitative estimate of drug-likeness (QED) is 0.396. The zero-order valence-corrected chi connectivity index (χ0v) is 21.9. The van der Waals surface area contributed by atoms with E-state index in [1.54, 1.807) is 18.2 Å². The number of aromatic nitrogens is 1. The molecule has 1 fully saturated rings. The summed E-state index contributed by atoms with van der Waals surface area (Å²) in [5.41, 5.74) is 3.11. The minimum absolute atomic E-state index is 0.0510. The van der Waals surface area contributed by atoms with Gasteiger partial charge in [-0.15, -0.1) is 0 Å². The molecule has 5 heterocycles. The molecule has 4 aliphatic rings. The van der Waals surface area contributed by atoms with Crippen LogP contribution in [-0.2, 0) is 20.7 Å². The molecule has 38 heavy (non-hydrogen) atoms. The average Bonchev–Trinajstić information content (AvgIpc) is 3.46. The van der Waals surface area contributed by atoms with Crippen LogP contribution in [0.3, 0.4) is 0 Å². The van der Waals surface area contributed by atoms with Crippen LogP contribution in [0.15, 0.2) is 34.3 Å². The molecule has 3 atom stereocenters. The molecule has 5 rings (SSSR count). The van der Waals surface area contributed by atoms with Gasteiger partial charge < -0.3 is 25.2 Å². The highest BCUT2D eigenvalue weighted by Gasteiger charge is 2.34. The summed E-state index contributed by atoms with van der Waals surface area (Å²) in [4.78, 5) is 43.0. The van der Waals surface area contributed by atoms with Crippen LogP contribution in [0.25, 0.3) is 0 Å². The minimum atomic E-state index is -0.250. The maximum Gasteiger partial charge on any atom is 0.328 e. The van der Waals surface area contributed by atoms with E-state index in [0.717, 1.165) is 43.1 Å². The first-order chi connectivity index (χ1) is 18.3. The van der Waals surface area contributed by atoms with Crippen LogP contribution in [0.1, 0.15) is 19.4 Å². The monoisotopic (exact) mass is 530 g/mol. The number of hydrazone groups is 1. The van der Waals surface area contributed by atoms with Crippen molar-refractivity contribution in [2.75, 3.05) is 50.1 Å². The number of carboxylic acid groups (broad SMARTS) is 2. The number of piperazine rings is 1. The first-order valence-corrected chi connectivity index (χ1v) is 12.1. The normalized spacial score (nSPS) is 23.2. The molecule has 0 radical (unpaired) electrons. The molecule has 1 unspecified atom stereocenters. The number of hydrogen-bond donors (Lipinski definition) is 4. The fraction of sp³-hybridized carbons (Fsp3) is 0.500. The highest BCUT2D eigenvalue weighted by Crippen LogP contribution is 2.34. The topological polar surface area (TPSA) is 172 Å². The summed E-state index contributed by atoms with van der Waals surface area (Å²) in [6.07, 6.45) is 4.52. The lowest BCUT2D eigenvalue weighted by Gasteiger charge is -2.38. The average molecular weight is 531 g/mol. The number of nitrogens with zero attached hydrogens (tertiary/aromatic N) is 6. The number of carbonyl (C=O) groups excluding carboxylic acids is 1. The minimum Gasteiger partial charge on any atom is -0.483 e. The molecule has 0 saturated carbocycles. The van der Waals surface area contributed by atoms with Crippen LogP contribution in [0.5, 0.6) is 0 Å². The number of methoxy groups -OCH3 is 1. The lowest BCUT2D eigenvalue weighted by molar-refractivity contribution is -0.123. The van der Waals surface area contributed by atoms with Gasteiger partial charge in [-0.1, -0.05) is 0 Å². The van der Waals surface area contributed by atoms with E-state index < -0.39 is 0 Å². The van der Waals surface area contributed by atoms with E-state index in [2.05, 4.69) is 50.5 Å². The number of urea groups is 1. The molecular weight excluding hydrogens is 496 g/mol. The van der Waals surface area contributed by atoms with Gasteiger partial charge >= 0.3 is 6.03 Å². The van der Waals surface area contributed by atoms with Gasteiger partial charge in [0.15, 0.2) is 0 Å². The molecular formula is C24H34N8O6. The zero-order chi connectivity index (χ0) is 27.8. The molecule has 0 aromatic carbocycles. The van der Waals surface area contributed by atoms with Gasteiger partial charge in [-0.25, -0.2) is 9.78 Å². The van der Waals surface area contributed by atoms with Crippen molar-refractivity contribution in [1.29, 1.82) is 0 Å². The van der Waals surface area contributed by atoms with E-state index in [0.29, 0.717) is 30.3 Å². The lowest BCUT2D eigenvalue weighted by atomic mass is 10.0. The van der Waals surface area contributed by atoms with Gasteiger partial charge in [-0.2, -0.15) is 10.1 Å². The Morgan fingerprint density at radius 3 is 2.47 bits per heavy atom. The van der Waals surface area contributed by atoms with E-state index >= 15 is 0 Å². The Morgan fingerprint density at radius 1 is 1.18 bits per heavy atom. The number of nitrogens with one attached hydrogen (secondary N) is 2. The van der Waals surface area contributed by atoms with E-state index in [9.17, 15) is 4.79 Å². The Bertz CT molecular complexity index is 1110. The van der Waals surface area contributed by atoms with E-state index in [1.165, 1.54) is 5.69 Å². The second-order valence-electron chi connectivity index (χ2n) is 9.15. The number of aliphatic imine (C=N–C) groups is 1. The molecule has 14 nitrogen and oxygen atoms in total. The summed E-state index contributed by atoms with van der Waals surface area (Å²) in [5.74, 6) is 1.71. The molecule has 4 aliphatic heterocycles. The van der Waals surface area contributed by atoms with Crippen LogP contribution in [-0.4, -0.2) is 103 Å². The van der Waals surface area contributed by atoms with Crippen molar-refractivity contribution in [1.82, 2.24) is 20.6 Å². The lowest BCUT2D eigenvalue weighted by Crippen LogP contribution is -2.54. The molecule has 0 aliphatic carbocycles. The van der Waals surface area contributed by atoms with Gasteiger partial charge in [0.1, 0.15) is 17.4 Å². The van der Waals surface area contributed by atoms with Crippen LogP contribution in [0, 0.1) is 5.92 Å². The van der Waals surface area contributed by atoms with Gasteiger partial charge in [0.25, 0.3) is 12.9 Å². The Kier molecular flexibility index (Phi) is 9.60. The summed E-state index contributed by atoms with van der Waals surface area (Å²) in [7, 11) is 3.48. The first kappa shape index (κ1) is 28.4. The van der Waals surface area contributed by atoms with E-state index in [-0.39, 0.29) is 24.9 Å². The summed E-state index contributed by atoms with van der Waals surface area (Å²) < 4.78 is 5.41. The fourth-order valence-electron chi connectivity index (χ4n) is 5.09. The van der Waals surface area contributed by atoms with Crippen LogP contribution in [0.4, 0.5) is 16.3 Å². The van der Waals surface area contributed by atoms with Gasteiger partial charge in [0, 0.05) is 68.7 Å². The molecule has 14 heteroatoms. The Hall–Kier alpha value is -4.20. The SMILES string of the molecule is COC1=NC(NC(=O)N2CCc3c(N4C[C@@H](C)N[C@@H](C)C4)ccnc32)=CC2CN(C)N=C12.O=CO.O=CO. The smallest absolute Gasteiger partial charge is 0.328 e. The van der Waals surface area contributed by atoms with Crippen molar-refractivity contribution in [3.8, 4) is 0 Å². The van der Waals surface area contributed by atoms with Gasteiger partial charge in [-0.3, -0.25) is 24.8 Å². The molecule has 2 amide bonds. The summed E-state index contributed by atoms with van der Waals surface area (Å²) in [6.45, 7) is 7.11. The number of ether oxygens (including phenoxy) is 1. The van der Waals surface area contributed by atoms with Crippen molar-refractivity contribution in [2.24, 2.45) is 16.0 Å².